The van der Waals surface area contributed by atoms with Gasteiger partial charge in [0, 0.05) is 6.61 Å². The topological polar surface area (TPSA) is 47.3 Å². The van der Waals surface area contributed by atoms with Gasteiger partial charge in [0.1, 0.15) is 0 Å². The van der Waals surface area contributed by atoms with Crippen LogP contribution in [0.5, 0.6) is 0 Å². The van der Waals surface area contributed by atoms with Crippen LogP contribution in [0.25, 0.3) is 0 Å². The Hall–Kier alpha value is -0.900. The second-order valence-electron chi connectivity index (χ2n) is 4.14. The summed E-state index contributed by atoms with van der Waals surface area (Å²) in [5.74, 6) is 0. The van der Waals surface area contributed by atoms with Crippen LogP contribution in [0.2, 0.25) is 0 Å². The van der Waals surface area contributed by atoms with Gasteiger partial charge in [0.05, 0.1) is 6.61 Å². The number of benzene rings is 1. The van der Waals surface area contributed by atoms with Gasteiger partial charge < -0.3 is 15.8 Å². The lowest BCUT2D eigenvalue weighted by Gasteiger charge is -2.05. The molecule has 0 aliphatic heterocycles. The Morgan fingerprint density at radius 2 is 1.76 bits per heavy atom. The molecule has 3 heteroatoms. The fraction of sp³-hybridized carbons (Fsp3) is 0.571. The van der Waals surface area contributed by atoms with Gasteiger partial charge in [-0.15, -0.1) is 0 Å². The van der Waals surface area contributed by atoms with E-state index < -0.39 is 0 Å². The zero-order valence-electron chi connectivity index (χ0n) is 10.5. The number of ether oxygens (including phenoxy) is 1. The van der Waals surface area contributed by atoms with E-state index in [2.05, 4.69) is 17.4 Å². The summed E-state index contributed by atoms with van der Waals surface area (Å²) in [7, 11) is 0. The number of nitrogens with two attached hydrogens (primary N) is 1. The molecule has 1 aromatic rings. The monoisotopic (exact) mass is 236 g/mol. The molecule has 0 atom stereocenters. The molecule has 1 aromatic carbocycles. The van der Waals surface area contributed by atoms with E-state index in [0.29, 0.717) is 0 Å². The van der Waals surface area contributed by atoms with E-state index in [-0.39, 0.29) is 0 Å². The van der Waals surface area contributed by atoms with Crippen molar-refractivity contribution in [3.63, 3.8) is 0 Å². The Morgan fingerprint density at radius 3 is 2.53 bits per heavy atom. The maximum Gasteiger partial charge on any atom is 0.0716 e. The highest BCUT2D eigenvalue weighted by molar-refractivity contribution is 5.13. The second-order valence-corrected chi connectivity index (χ2v) is 4.14. The highest BCUT2D eigenvalue weighted by atomic mass is 16.5. The van der Waals surface area contributed by atoms with Gasteiger partial charge in [-0.1, -0.05) is 30.3 Å². The van der Waals surface area contributed by atoms with Gasteiger partial charge >= 0.3 is 0 Å². The molecule has 3 N–H and O–H groups in total. The summed E-state index contributed by atoms with van der Waals surface area (Å²) in [6.07, 6.45) is 3.34. The van der Waals surface area contributed by atoms with Gasteiger partial charge in [-0.2, -0.15) is 0 Å². The molecule has 0 bridgehead atoms. The zero-order valence-corrected chi connectivity index (χ0v) is 10.5. The quantitative estimate of drug-likeness (QED) is 0.610. The molecular formula is C14H24N2O. The summed E-state index contributed by atoms with van der Waals surface area (Å²) in [5, 5.41) is 3.36. The van der Waals surface area contributed by atoms with Crippen molar-refractivity contribution in [1.82, 2.24) is 5.32 Å². The molecule has 0 aliphatic carbocycles. The van der Waals surface area contributed by atoms with Gasteiger partial charge in [0.15, 0.2) is 0 Å². The van der Waals surface area contributed by atoms with Crippen molar-refractivity contribution >= 4 is 0 Å². The molecule has 0 radical (unpaired) electrons. The standard InChI is InChI=1S/C14H24N2O/c15-9-6-11-16-10-4-5-12-17-13-14-7-2-1-3-8-14/h1-3,7-8,16H,4-6,9-13,15H2. The first kappa shape index (κ1) is 14.2. The molecule has 3 nitrogen and oxygen atoms in total. The van der Waals surface area contributed by atoms with Crippen LogP contribution in [-0.4, -0.2) is 26.2 Å². The fourth-order valence-electron chi connectivity index (χ4n) is 1.57. The van der Waals surface area contributed by atoms with Crippen molar-refractivity contribution in [2.24, 2.45) is 5.73 Å². The summed E-state index contributed by atoms with van der Waals surface area (Å²) in [4.78, 5) is 0. The molecule has 96 valence electrons. The Kier molecular flexibility index (Phi) is 8.55. The van der Waals surface area contributed by atoms with Crippen molar-refractivity contribution in [2.45, 2.75) is 25.9 Å². The number of nitrogens with one attached hydrogen (secondary N) is 1. The van der Waals surface area contributed by atoms with Crippen LogP contribution in [0.4, 0.5) is 0 Å². The average molecular weight is 236 g/mol. The van der Waals surface area contributed by atoms with Crippen molar-refractivity contribution < 1.29 is 4.74 Å². The van der Waals surface area contributed by atoms with E-state index in [1.54, 1.807) is 0 Å². The molecule has 0 aromatic heterocycles. The molecule has 1 rings (SSSR count). The van der Waals surface area contributed by atoms with Crippen LogP contribution < -0.4 is 11.1 Å². The highest BCUT2D eigenvalue weighted by Crippen LogP contribution is 2.01. The van der Waals surface area contributed by atoms with E-state index in [4.69, 9.17) is 10.5 Å². The Morgan fingerprint density at radius 1 is 1.00 bits per heavy atom. The third-order valence-electron chi connectivity index (χ3n) is 2.56. The smallest absolute Gasteiger partial charge is 0.0716 e. The van der Waals surface area contributed by atoms with Crippen molar-refractivity contribution in [1.29, 1.82) is 0 Å². The predicted octanol–water partition coefficient (Wildman–Crippen LogP) is 1.92. The largest absolute Gasteiger partial charge is 0.377 e. The van der Waals surface area contributed by atoms with Gasteiger partial charge in [-0.05, 0) is 44.5 Å². The SMILES string of the molecule is NCCCNCCCCOCc1ccccc1. The van der Waals surface area contributed by atoms with E-state index in [1.807, 2.05) is 18.2 Å². The third-order valence-corrected chi connectivity index (χ3v) is 2.56. The molecule has 0 saturated heterocycles. The van der Waals surface area contributed by atoms with Gasteiger partial charge in [-0.3, -0.25) is 0 Å². The molecule has 0 fully saturated rings. The maximum atomic E-state index is 5.60. The summed E-state index contributed by atoms with van der Waals surface area (Å²) in [6, 6.07) is 10.3. The van der Waals surface area contributed by atoms with E-state index in [1.165, 1.54) is 12.0 Å². The van der Waals surface area contributed by atoms with E-state index >= 15 is 0 Å². The molecule has 17 heavy (non-hydrogen) atoms. The molecule has 0 amide bonds. The molecule has 0 heterocycles. The lowest BCUT2D eigenvalue weighted by atomic mass is 10.2. The van der Waals surface area contributed by atoms with E-state index in [0.717, 1.165) is 45.7 Å². The van der Waals surface area contributed by atoms with Crippen molar-refractivity contribution in [3.05, 3.63) is 35.9 Å². The first-order valence-corrected chi connectivity index (χ1v) is 6.46. The first-order chi connectivity index (χ1) is 8.43. The Balaban J connectivity index is 1.85. The van der Waals surface area contributed by atoms with Crippen LogP contribution in [-0.2, 0) is 11.3 Å². The normalized spacial score (nSPS) is 10.6. The fourth-order valence-corrected chi connectivity index (χ4v) is 1.57. The lowest BCUT2D eigenvalue weighted by molar-refractivity contribution is 0.117. The minimum atomic E-state index is 0.724. The Bertz CT molecular complexity index is 264. The van der Waals surface area contributed by atoms with Gasteiger partial charge in [0.2, 0.25) is 0 Å². The van der Waals surface area contributed by atoms with Crippen LogP contribution in [0.3, 0.4) is 0 Å². The summed E-state index contributed by atoms with van der Waals surface area (Å²) >= 11 is 0. The predicted molar refractivity (Wildman–Crippen MR) is 71.9 cm³/mol. The van der Waals surface area contributed by atoms with Crippen LogP contribution in [0.1, 0.15) is 24.8 Å². The molecule has 0 unspecified atom stereocenters. The van der Waals surface area contributed by atoms with Crippen LogP contribution in [0.15, 0.2) is 30.3 Å². The van der Waals surface area contributed by atoms with Crippen LogP contribution in [0, 0.1) is 0 Å². The lowest BCUT2D eigenvalue weighted by Crippen LogP contribution is -2.19. The number of unbranched alkanes of at least 4 members (excludes halogenated alkanes) is 1. The number of hydrogen-bond acceptors (Lipinski definition) is 3. The molecule has 0 spiro atoms. The first-order valence-electron chi connectivity index (χ1n) is 6.46. The molecular weight excluding hydrogens is 212 g/mol. The van der Waals surface area contributed by atoms with E-state index in [9.17, 15) is 0 Å². The average Bonchev–Trinajstić information content (AvgIpc) is 2.38. The summed E-state index contributed by atoms with van der Waals surface area (Å²) in [5.41, 5.74) is 6.65. The molecule has 0 saturated carbocycles. The highest BCUT2D eigenvalue weighted by Gasteiger charge is 1.92. The minimum absolute atomic E-state index is 0.724. The van der Waals surface area contributed by atoms with Gasteiger partial charge in [0.25, 0.3) is 0 Å². The van der Waals surface area contributed by atoms with Crippen molar-refractivity contribution in [2.75, 3.05) is 26.2 Å². The summed E-state index contributed by atoms with van der Waals surface area (Å²) < 4.78 is 5.60. The van der Waals surface area contributed by atoms with Crippen LogP contribution >= 0.6 is 0 Å². The zero-order chi connectivity index (χ0) is 12.2. The van der Waals surface area contributed by atoms with Gasteiger partial charge in [-0.25, -0.2) is 0 Å². The number of rotatable bonds is 10. The molecule has 0 aliphatic rings. The summed E-state index contributed by atoms with van der Waals surface area (Å²) in [6.45, 7) is 4.43. The Labute approximate surface area is 104 Å². The third kappa shape index (κ3) is 7.91. The minimum Gasteiger partial charge on any atom is -0.377 e. The van der Waals surface area contributed by atoms with Crippen molar-refractivity contribution in [3.8, 4) is 0 Å². The second kappa shape index (κ2) is 10.3. The number of hydrogen-bond donors (Lipinski definition) is 2. The maximum absolute atomic E-state index is 5.60.